The molecule has 0 bridgehead atoms. The normalized spacial score (nSPS) is 13.4. The van der Waals surface area contributed by atoms with E-state index in [1.165, 1.54) is 54.6 Å². The van der Waals surface area contributed by atoms with Gasteiger partial charge in [-0.1, -0.05) is 6.07 Å². The van der Waals surface area contributed by atoms with E-state index in [2.05, 4.69) is 15.0 Å². The number of carbonyl (C=O) groups is 2. The topological polar surface area (TPSA) is 157 Å². The van der Waals surface area contributed by atoms with Gasteiger partial charge in [0.05, 0.1) is 9.82 Å². The van der Waals surface area contributed by atoms with Crippen molar-refractivity contribution in [2.75, 3.05) is 18.5 Å². The maximum absolute atomic E-state index is 12.5. The fourth-order valence-corrected chi connectivity index (χ4v) is 3.97. The van der Waals surface area contributed by atoms with Crippen LogP contribution in [0, 0.1) is 10.1 Å². The van der Waals surface area contributed by atoms with Crippen LogP contribution in [0.4, 0.5) is 11.4 Å². The van der Waals surface area contributed by atoms with Crippen molar-refractivity contribution in [2.24, 2.45) is 4.99 Å². The summed E-state index contributed by atoms with van der Waals surface area (Å²) in [5.41, 5.74) is 0.678. The summed E-state index contributed by atoms with van der Waals surface area (Å²) in [5.74, 6) is -1.05. The second-order valence-electron chi connectivity index (χ2n) is 6.90. The number of anilines is 1. The van der Waals surface area contributed by atoms with Crippen LogP contribution in [0.5, 0.6) is 0 Å². The lowest BCUT2D eigenvalue weighted by atomic mass is 10.2. The van der Waals surface area contributed by atoms with Gasteiger partial charge in [-0.15, -0.1) is 0 Å². The first-order chi connectivity index (χ1) is 15.7. The number of carbonyl (C=O) groups excluding carboxylic acids is 2. The van der Waals surface area contributed by atoms with Crippen LogP contribution in [-0.2, 0) is 24.3 Å². The highest BCUT2D eigenvalue weighted by atomic mass is 32.2. The van der Waals surface area contributed by atoms with Crippen molar-refractivity contribution in [3.05, 3.63) is 70.3 Å². The van der Waals surface area contributed by atoms with Gasteiger partial charge in [0.2, 0.25) is 0 Å². The summed E-state index contributed by atoms with van der Waals surface area (Å²) in [6.45, 7) is -0.00873. The fourth-order valence-electron chi connectivity index (χ4n) is 2.83. The third-order valence-corrected chi connectivity index (χ3v) is 5.79. The fraction of sp³-hybridized carbons (Fsp3) is 0.190. The molecule has 0 aromatic heterocycles. The molecule has 0 fully saturated rings. The zero-order chi connectivity index (χ0) is 23.8. The van der Waals surface area contributed by atoms with Gasteiger partial charge in [-0.05, 0) is 48.4 Å². The van der Waals surface area contributed by atoms with Crippen molar-refractivity contribution in [3.63, 3.8) is 0 Å². The highest BCUT2D eigenvalue weighted by Gasteiger charge is 2.19. The number of ether oxygens (including phenoxy) is 1. The van der Waals surface area contributed by atoms with Crippen LogP contribution >= 0.6 is 0 Å². The average Bonchev–Trinajstić information content (AvgIpc) is 3.29. The lowest BCUT2D eigenvalue weighted by Crippen LogP contribution is -2.29. The van der Waals surface area contributed by atoms with E-state index in [0.29, 0.717) is 24.4 Å². The van der Waals surface area contributed by atoms with Gasteiger partial charge in [-0.3, -0.25) is 24.6 Å². The van der Waals surface area contributed by atoms with Gasteiger partial charge in [0.1, 0.15) is 5.84 Å². The van der Waals surface area contributed by atoms with Crippen molar-refractivity contribution < 1.29 is 27.7 Å². The van der Waals surface area contributed by atoms with Gasteiger partial charge in [0, 0.05) is 36.9 Å². The Balaban J connectivity index is 1.51. The van der Waals surface area contributed by atoms with Gasteiger partial charge in [-0.2, -0.15) is 0 Å². The number of benzene rings is 2. The van der Waals surface area contributed by atoms with E-state index in [1.807, 2.05) is 0 Å². The molecular formula is C21H20N4O7S. The highest BCUT2D eigenvalue weighted by Crippen LogP contribution is 2.17. The number of rotatable bonds is 8. The highest BCUT2D eigenvalue weighted by molar-refractivity contribution is 7.90. The monoisotopic (exact) mass is 472 g/mol. The minimum Gasteiger partial charge on any atom is -0.452 e. The maximum Gasteiger partial charge on any atom is 0.331 e. The number of nitrogens with one attached hydrogen (secondary N) is 2. The SMILES string of the molecule is O=C(COC(=O)/C=C/c1ccc([N+](=O)[O-])cc1)Nc1cccc(S(=O)(=O)NC2=NCCC2)c1. The van der Waals surface area contributed by atoms with E-state index in [4.69, 9.17) is 4.74 Å². The largest absolute Gasteiger partial charge is 0.452 e. The molecule has 11 nitrogen and oxygen atoms in total. The third-order valence-electron chi connectivity index (χ3n) is 4.42. The molecule has 0 atom stereocenters. The molecule has 33 heavy (non-hydrogen) atoms. The predicted octanol–water partition coefficient (Wildman–Crippen LogP) is 2.26. The molecule has 3 rings (SSSR count). The minimum absolute atomic E-state index is 0.0436. The summed E-state index contributed by atoms with van der Waals surface area (Å²) in [6.07, 6.45) is 3.81. The maximum atomic E-state index is 12.5. The van der Waals surface area contributed by atoms with Crippen LogP contribution in [0.2, 0.25) is 0 Å². The first-order valence-electron chi connectivity index (χ1n) is 9.78. The standard InChI is InChI=1S/C21H20N4O7S/c26-20(14-32-21(27)11-8-15-6-9-17(10-7-15)25(28)29)23-16-3-1-4-18(13-16)33(30,31)24-19-5-2-12-22-19/h1,3-4,6-11,13H,2,5,12,14H2,(H,22,24)(H,23,26)/b11-8+. The van der Waals surface area contributed by atoms with E-state index in [-0.39, 0.29) is 16.3 Å². The van der Waals surface area contributed by atoms with Crippen molar-refractivity contribution in [3.8, 4) is 0 Å². The van der Waals surface area contributed by atoms with Crippen molar-refractivity contribution in [2.45, 2.75) is 17.7 Å². The number of esters is 1. The number of amidine groups is 1. The van der Waals surface area contributed by atoms with Crippen LogP contribution < -0.4 is 10.0 Å². The molecule has 2 aromatic rings. The van der Waals surface area contributed by atoms with E-state index in [9.17, 15) is 28.1 Å². The van der Waals surface area contributed by atoms with Crippen molar-refractivity contribution in [1.82, 2.24) is 4.72 Å². The minimum atomic E-state index is -3.83. The molecule has 0 spiro atoms. The van der Waals surface area contributed by atoms with Crippen LogP contribution in [0.3, 0.4) is 0 Å². The lowest BCUT2D eigenvalue weighted by molar-refractivity contribution is -0.384. The summed E-state index contributed by atoms with van der Waals surface area (Å²) in [6, 6.07) is 11.2. The molecule has 1 heterocycles. The van der Waals surface area contributed by atoms with Crippen molar-refractivity contribution in [1.29, 1.82) is 0 Å². The van der Waals surface area contributed by atoms with Gasteiger partial charge < -0.3 is 10.1 Å². The molecular weight excluding hydrogens is 452 g/mol. The Morgan fingerprint density at radius 1 is 1.18 bits per heavy atom. The summed E-state index contributed by atoms with van der Waals surface area (Å²) in [7, 11) is -3.83. The number of hydrogen-bond acceptors (Lipinski definition) is 8. The zero-order valence-electron chi connectivity index (χ0n) is 17.3. The molecule has 0 radical (unpaired) electrons. The van der Waals surface area contributed by atoms with Gasteiger partial charge in [-0.25, -0.2) is 13.2 Å². The van der Waals surface area contributed by atoms with Crippen molar-refractivity contribution >= 4 is 45.2 Å². The quantitative estimate of drug-likeness (QED) is 0.258. The molecule has 2 N–H and O–H groups in total. The molecule has 0 unspecified atom stereocenters. The summed E-state index contributed by atoms with van der Waals surface area (Å²) in [5, 5.41) is 13.1. The number of nitro benzene ring substituents is 1. The Labute approximate surface area is 189 Å². The number of nitro groups is 1. The predicted molar refractivity (Wildman–Crippen MR) is 120 cm³/mol. The molecule has 1 aliphatic heterocycles. The van der Waals surface area contributed by atoms with Crippen LogP contribution in [-0.4, -0.2) is 44.2 Å². The Morgan fingerprint density at radius 3 is 2.61 bits per heavy atom. The van der Waals surface area contributed by atoms with Crippen LogP contribution in [0.25, 0.3) is 6.08 Å². The molecule has 12 heteroatoms. The second kappa shape index (κ2) is 10.5. The van der Waals surface area contributed by atoms with E-state index in [1.54, 1.807) is 0 Å². The molecule has 1 amide bonds. The number of non-ortho nitro benzene ring substituents is 1. The Bertz CT molecular complexity index is 1220. The molecule has 172 valence electrons. The number of aliphatic imine (C=N–C) groups is 1. The number of amides is 1. The Kier molecular flexibility index (Phi) is 7.51. The summed E-state index contributed by atoms with van der Waals surface area (Å²) in [4.78, 5) is 38.0. The van der Waals surface area contributed by atoms with Crippen LogP contribution in [0.1, 0.15) is 18.4 Å². The average molecular weight is 472 g/mol. The molecule has 0 saturated heterocycles. The first kappa shape index (κ1) is 23.6. The molecule has 0 saturated carbocycles. The number of hydrogen-bond donors (Lipinski definition) is 2. The number of nitrogens with zero attached hydrogens (tertiary/aromatic N) is 2. The molecule has 2 aromatic carbocycles. The third kappa shape index (κ3) is 6.97. The van der Waals surface area contributed by atoms with Crippen LogP contribution in [0.15, 0.2) is 64.5 Å². The van der Waals surface area contributed by atoms with E-state index < -0.39 is 33.4 Å². The molecule has 1 aliphatic rings. The first-order valence-corrected chi connectivity index (χ1v) is 11.3. The van der Waals surface area contributed by atoms with Gasteiger partial charge >= 0.3 is 5.97 Å². The summed E-state index contributed by atoms with van der Waals surface area (Å²) >= 11 is 0. The number of sulfonamides is 1. The summed E-state index contributed by atoms with van der Waals surface area (Å²) < 4.78 is 32.2. The zero-order valence-corrected chi connectivity index (χ0v) is 18.1. The molecule has 0 aliphatic carbocycles. The Morgan fingerprint density at radius 2 is 1.94 bits per heavy atom. The lowest BCUT2D eigenvalue weighted by Gasteiger charge is -2.10. The van der Waals surface area contributed by atoms with Gasteiger partial charge in [0.25, 0.3) is 21.6 Å². The Hall–Kier alpha value is -4.06. The van der Waals surface area contributed by atoms with E-state index in [0.717, 1.165) is 12.5 Å². The second-order valence-corrected chi connectivity index (χ2v) is 8.59. The van der Waals surface area contributed by atoms with E-state index >= 15 is 0 Å². The van der Waals surface area contributed by atoms with Gasteiger partial charge in [0.15, 0.2) is 6.61 Å². The smallest absolute Gasteiger partial charge is 0.331 e.